The van der Waals surface area contributed by atoms with Crippen LogP contribution in [-0.2, 0) is 32.7 Å². The van der Waals surface area contributed by atoms with Crippen molar-refractivity contribution in [1.29, 1.82) is 5.26 Å². The van der Waals surface area contributed by atoms with E-state index in [1.165, 1.54) is 6.92 Å². The molecule has 3 aromatic carbocycles. The van der Waals surface area contributed by atoms with Gasteiger partial charge in [-0.05, 0) is 80.5 Å². The Balaban J connectivity index is 1.25. The highest BCUT2D eigenvalue weighted by molar-refractivity contribution is 7.99. The fourth-order valence-electron chi connectivity index (χ4n) is 9.68. The molecule has 6 aliphatic heterocycles. The maximum Gasteiger partial charge on any atom is 0.331 e. The molecule has 1 saturated heterocycles. The number of carbonyl (C=O) groups excluding carboxylic acids is 2. The van der Waals surface area contributed by atoms with Crippen molar-refractivity contribution in [2.24, 2.45) is 0 Å². The molecule has 6 aliphatic rings. The van der Waals surface area contributed by atoms with Gasteiger partial charge >= 0.3 is 11.9 Å². The molecule has 14 nitrogen and oxygen atoms in total. The summed E-state index contributed by atoms with van der Waals surface area (Å²) in [5.41, 5.74) is 5.51. The number of aryl methyl sites for hydroxylation is 1. The normalized spacial score (nSPS) is 24.8. The number of hydrogen-bond donors (Lipinski definition) is 1. The van der Waals surface area contributed by atoms with Crippen molar-refractivity contribution in [3.05, 3.63) is 68.0 Å². The van der Waals surface area contributed by atoms with Crippen molar-refractivity contribution >= 4 is 23.7 Å². The van der Waals surface area contributed by atoms with Gasteiger partial charge in [0.15, 0.2) is 40.0 Å². The third-order valence-corrected chi connectivity index (χ3v) is 13.5. The lowest BCUT2D eigenvalue weighted by molar-refractivity contribution is -0.154. The van der Waals surface area contributed by atoms with Crippen LogP contribution in [0.25, 0.3) is 5.32 Å². The van der Waals surface area contributed by atoms with Crippen LogP contribution >= 0.6 is 11.8 Å². The Morgan fingerprint density at radius 1 is 1.02 bits per heavy atom. The molecule has 0 aliphatic carbocycles. The first-order valence-electron chi connectivity index (χ1n) is 20.2. The first-order valence-corrected chi connectivity index (χ1v) is 21.3. The van der Waals surface area contributed by atoms with Crippen LogP contribution in [0.4, 0.5) is 0 Å². The van der Waals surface area contributed by atoms with Crippen molar-refractivity contribution in [2.75, 3.05) is 59.7 Å². The maximum atomic E-state index is 14.8. The fourth-order valence-corrected chi connectivity index (χ4v) is 11.2. The van der Waals surface area contributed by atoms with E-state index in [0.717, 1.165) is 33.4 Å². The van der Waals surface area contributed by atoms with Gasteiger partial charge in [0.1, 0.15) is 12.4 Å². The van der Waals surface area contributed by atoms with E-state index in [-0.39, 0.29) is 25.2 Å². The van der Waals surface area contributed by atoms with Crippen LogP contribution < -0.4 is 38.5 Å². The lowest BCUT2D eigenvalue weighted by atomic mass is 9.82. The molecule has 0 aromatic heterocycles. The van der Waals surface area contributed by atoms with Gasteiger partial charge < -0.3 is 43.2 Å². The lowest BCUT2D eigenvalue weighted by Gasteiger charge is -2.53. The Labute approximate surface area is 349 Å². The Morgan fingerprint density at radius 3 is 2.51 bits per heavy atom. The first kappa shape index (κ1) is 40.9. The second-order valence-electron chi connectivity index (χ2n) is 15.5. The van der Waals surface area contributed by atoms with E-state index in [1.807, 2.05) is 46.8 Å². The molecule has 0 saturated carbocycles. The number of nitrogens with one attached hydrogen (secondary N) is 1. The maximum absolute atomic E-state index is 14.8. The molecule has 1 spiro atoms. The Bertz CT molecular complexity index is 2230. The second kappa shape index (κ2) is 16.3. The average Bonchev–Trinajstić information content (AvgIpc) is 3.71. The number of ether oxygens (including phenoxy) is 8. The summed E-state index contributed by atoms with van der Waals surface area (Å²) in [4.78, 5) is 29.7. The Kier molecular flexibility index (Phi) is 11.3. The number of rotatable bonds is 9. The highest BCUT2D eigenvalue weighted by Crippen LogP contribution is 2.59. The van der Waals surface area contributed by atoms with Crippen LogP contribution in [-0.4, -0.2) is 88.6 Å². The molecule has 0 unspecified atom stereocenters. The number of carbonyl (C=O) groups is 2. The predicted octanol–water partition coefficient (Wildman–Crippen LogP) is 6.45. The van der Waals surface area contributed by atoms with Crippen LogP contribution in [0.1, 0.15) is 89.5 Å². The largest absolute Gasteiger partial charge is 0.651 e. The van der Waals surface area contributed by atoms with Gasteiger partial charge in [-0.2, -0.15) is 5.26 Å². The number of hydrogen-bond acceptors (Lipinski definition) is 14. The minimum absolute atomic E-state index is 0.0370. The average molecular weight is 828 g/mol. The minimum Gasteiger partial charge on any atom is -0.651 e. The lowest BCUT2D eigenvalue weighted by Crippen LogP contribution is -2.58. The number of methoxy groups -OCH3 is 2. The van der Waals surface area contributed by atoms with Gasteiger partial charge in [-0.25, -0.2) is 4.79 Å². The standard InChI is InChI=1S/C44H51N4O10S/c1-9-53-33-15-26-11-12-46-44(28(26)16-32(33)51-7)20-59-34-18-48(30(17-45)29-14-27-13-22(3)38(52-8)41(54-10-2)35(27)24(5)47-29)31(19-55-43(44)50)36-37(34)39(58-25(6)49)23(4)40-42(36)57-21-56-40/h13,15-16,24,29-31,34,46H,9-12,14,18-21H2,1-8H3/q-1/t24-,29-,30-,31-,34-,44+/m0/s1. The molecule has 2 bridgehead atoms. The molecular formula is C44H51N4O10S-. The summed E-state index contributed by atoms with van der Waals surface area (Å²) >= 11 is 1.54. The summed E-state index contributed by atoms with van der Waals surface area (Å²) in [6, 6.07) is 6.39. The number of nitrogens with zero attached hydrogens (tertiary/aromatic N) is 3. The molecule has 6 atom stereocenters. The third-order valence-electron chi connectivity index (χ3n) is 12.1. The molecule has 0 amide bonds. The van der Waals surface area contributed by atoms with Crippen molar-refractivity contribution in [1.82, 2.24) is 10.2 Å². The van der Waals surface area contributed by atoms with Gasteiger partial charge in [-0.3, -0.25) is 15.0 Å². The van der Waals surface area contributed by atoms with E-state index < -0.39 is 40.9 Å². The zero-order valence-electron chi connectivity index (χ0n) is 34.8. The van der Waals surface area contributed by atoms with E-state index in [2.05, 4.69) is 22.4 Å². The van der Waals surface area contributed by atoms with E-state index in [0.29, 0.717) is 90.5 Å². The van der Waals surface area contributed by atoms with Crippen molar-refractivity contribution in [2.45, 2.75) is 89.3 Å². The summed E-state index contributed by atoms with van der Waals surface area (Å²) in [5, 5.41) is 19.6. The molecule has 59 heavy (non-hydrogen) atoms. The van der Waals surface area contributed by atoms with Crippen LogP contribution in [0.15, 0.2) is 18.2 Å². The predicted molar refractivity (Wildman–Crippen MR) is 219 cm³/mol. The minimum atomic E-state index is -1.24. The zero-order chi connectivity index (χ0) is 41.7. The second-order valence-corrected chi connectivity index (χ2v) is 16.6. The summed E-state index contributed by atoms with van der Waals surface area (Å²) in [5.74, 6) is 3.18. The highest BCUT2D eigenvalue weighted by Gasteiger charge is 2.52. The summed E-state index contributed by atoms with van der Waals surface area (Å²) in [6.07, 6.45) is 1.16. The van der Waals surface area contributed by atoms with Crippen LogP contribution in [0.2, 0.25) is 0 Å². The number of fused-ring (bicyclic) bond motifs is 7. The topological polar surface area (TPSA) is 161 Å². The number of esters is 2. The van der Waals surface area contributed by atoms with E-state index in [1.54, 1.807) is 26.0 Å². The molecular weight excluding hydrogens is 777 g/mol. The fraction of sp³-hybridized carbons (Fsp3) is 0.523. The van der Waals surface area contributed by atoms with E-state index >= 15 is 0 Å². The molecule has 15 heteroatoms. The monoisotopic (exact) mass is 827 g/mol. The van der Waals surface area contributed by atoms with Crippen LogP contribution in [0.3, 0.4) is 0 Å². The van der Waals surface area contributed by atoms with Crippen LogP contribution in [0, 0.1) is 25.2 Å². The van der Waals surface area contributed by atoms with E-state index in [9.17, 15) is 14.9 Å². The smallest absolute Gasteiger partial charge is 0.331 e. The molecule has 314 valence electrons. The Hall–Kier alpha value is -4.88. The summed E-state index contributed by atoms with van der Waals surface area (Å²) in [7, 11) is 3.22. The number of nitriles is 1. The SMILES string of the molecule is CCOc1cc2c(cc1OC)[C@@]1(CS[C@H]3CN([C@@H](C#N)[C@@H]4Cc5cc(C)c(OC)c(OCC)c5[C@H](C)[N-]4)[C@@H](COC1=O)c1c4c(c(C)c(OC(C)=O)c13)OCO4)NCC2. The highest BCUT2D eigenvalue weighted by atomic mass is 32.2. The molecule has 9 rings (SSSR count). The van der Waals surface area contributed by atoms with Crippen molar-refractivity contribution < 1.29 is 47.5 Å². The van der Waals surface area contributed by atoms with Gasteiger partial charge in [0, 0.05) is 47.7 Å². The summed E-state index contributed by atoms with van der Waals surface area (Å²) < 4.78 is 48.4. The van der Waals surface area contributed by atoms with Gasteiger partial charge in [0.2, 0.25) is 6.79 Å². The zero-order valence-corrected chi connectivity index (χ0v) is 35.6. The third kappa shape index (κ3) is 6.78. The van der Waals surface area contributed by atoms with E-state index in [4.69, 9.17) is 43.2 Å². The van der Waals surface area contributed by atoms with Gasteiger partial charge in [0.25, 0.3) is 0 Å². The molecule has 1 fully saturated rings. The summed E-state index contributed by atoms with van der Waals surface area (Å²) in [6.45, 7) is 12.8. The van der Waals surface area contributed by atoms with Gasteiger partial charge in [-0.15, -0.1) is 23.8 Å². The van der Waals surface area contributed by atoms with Crippen molar-refractivity contribution in [3.8, 4) is 46.3 Å². The van der Waals surface area contributed by atoms with Gasteiger partial charge in [0.05, 0.1) is 45.6 Å². The van der Waals surface area contributed by atoms with Crippen LogP contribution in [0.5, 0.6) is 40.2 Å². The first-order chi connectivity index (χ1) is 28.5. The van der Waals surface area contributed by atoms with Gasteiger partial charge in [-0.1, -0.05) is 13.0 Å². The van der Waals surface area contributed by atoms with Crippen molar-refractivity contribution in [3.63, 3.8) is 0 Å². The number of thioether (sulfide) groups is 1. The molecule has 1 N–H and O–H groups in total. The Morgan fingerprint density at radius 2 is 1.80 bits per heavy atom. The molecule has 0 radical (unpaired) electrons. The quantitative estimate of drug-likeness (QED) is 0.185. The number of benzene rings is 3. The molecule has 6 heterocycles. The molecule has 3 aromatic rings.